The number of benzene rings is 1. The smallest absolute Gasteiger partial charge is 0.0767 e. The number of fused-ring (bicyclic) bond motifs is 1. The number of hydrogen-bond donors (Lipinski definition) is 0. The summed E-state index contributed by atoms with van der Waals surface area (Å²) in [4.78, 5) is 5.40. The van der Waals surface area contributed by atoms with Gasteiger partial charge in [0.25, 0.3) is 0 Å². The zero-order valence-electron chi connectivity index (χ0n) is 5.95. The molecule has 1 aromatic rings. The third-order valence-electron chi connectivity index (χ3n) is 1.49. The molecule has 1 aliphatic rings. The van der Waals surface area contributed by atoms with E-state index >= 15 is 0 Å². The molecule has 2 rings (SSSR count). The molecule has 2 heteroatoms. The van der Waals surface area contributed by atoms with E-state index in [2.05, 4.69) is 22.9 Å². The fourth-order valence-corrected chi connectivity index (χ4v) is 1.65. The third-order valence-corrected chi connectivity index (χ3v) is 2.35. The Hall–Kier alpha value is -0.760. The Morgan fingerprint density at radius 2 is 2.27 bits per heavy atom. The lowest BCUT2D eigenvalue weighted by molar-refractivity contribution is 1.24. The van der Waals surface area contributed by atoms with Crippen molar-refractivity contribution >= 4 is 18.0 Å². The molecule has 2 radical (unpaired) electrons. The minimum absolute atomic E-state index is 0.694. The van der Waals surface area contributed by atoms with Gasteiger partial charge in [0.15, 0.2) is 0 Å². The van der Waals surface area contributed by atoms with Gasteiger partial charge >= 0.3 is 0 Å². The van der Waals surface area contributed by atoms with Crippen LogP contribution < -0.4 is 0 Å². The highest BCUT2D eigenvalue weighted by Crippen LogP contribution is 2.25. The van der Waals surface area contributed by atoms with E-state index in [-0.39, 0.29) is 0 Å². The maximum atomic E-state index is 4.16. The fourth-order valence-electron chi connectivity index (χ4n) is 0.971. The van der Waals surface area contributed by atoms with E-state index in [0.29, 0.717) is 6.54 Å². The van der Waals surface area contributed by atoms with Gasteiger partial charge in [0, 0.05) is 16.7 Å². The van der Waals surface area contributed by atoms with Crippen LogP contribution in [-0.2, 0) is 0 Å². The minimum atomic E-state index is 0.694. The lowest BCUT2D eigenvalue weighted by Crippen LogP contribution is -1.81. The van der Waals surface area contributed by atoms with Crippen LogP contribution in [0.2, 0.25) is 0 Å². The molecular weight excluding hydrogens is 154 g/mol. The minimum Gasteiger partial charge on any atom is -0.291 e. The molecular formula is C9H7NS. The molecule has 54 valence electrons. The van der Waals surface area contributed by atoms with Crippen molar-refractivity contribution in [3.8, 4) is 0 Å². The number of hydrogen-bond acceptors (Lipinski definition) is 2. The number of nitrogens with zero attached hydrogens (tertiary/aromatic N) is 1. The predicted octanol–water partition coefficient (Wildman–Crippen LogP) is 2.25. The second-order valence-corrected chi connectivity index (χ2v) is 3.19. The summed E-state index contributed by atoms with van der Waals surface area (Å²) in [5, 5.41) is 0. The maximum absolute atomic E-state index is 4.16. The third kappa shape index (κ3) is 1.46. The predicted molar refractivity (Wildman–Crippen MR) is 48.0 cm³/mol. The van der Waals surface area contributed by atoms with E-state index in [1.54, 1.807) is 11.8 Å². The summed E-state index contributed by atoms with van der Waals surface area (Å²) in [5.41, 5.74) is 1.20. The summed E-state index contributed by atoms with van der Waals surface area (Å²) in [6.45, 7) is 0.694. The monoisotopic (exact) mass is 161 g/mol. The molecule has 1 heterocycles. The van der Waals surface area contributed by atoms with Crippen molar-refractivity contribution in [2.24, 2.45) is 4.99 Å². The molecule has 0 aromatic heterocycles. The molecule has 0 spiro atoms. The van der Waals surface area contributed by atoms with Crippen molar-refractivity contribution in [3.05, 3.63) is 35.6 Å². The molecule has 0 N–H and O–H groups in total. The first-order chi connectivity index (χ1) is 5.47. The molecule has 0 atom stereocenters. The highest BCUT2D eigenvalue weighted by molar-refractivity contribution is 8.01. The summed E-state index contributed by atoms with van der Waals surface area (Å²) < 4.78 is 0. The van der Waals surface area contributed by atoms with Gasteiger partial charge < -0.3 is 0 Å². The van der Waals surface area contributed by atoms with E-state index < -0.39 is 0 Å². The maximum Gasteiger partial charge on any atom is 0.0767 e. The van der Waals surface area contributed by atoms with Crippen LogP contribution in [0.1, 0.15) is 5.56 Å². The van der Waals surface area contributed by atoms with Gasteiger partial charge in [0.1, 0.15) is 0 Å². The van der Waals surface area contributed by atoms with Crippen molar-refractivity contribution in [1.29, 1.82) is 0 Å². The summed E-state index contributed by atoms with van der Waals surface area (Å²) in [6, 6.07) is 8.21. The van der Waals surface area contributed by atoms with Crippen molar-refractivity contribution in [3.63, 3.8) is 0 Å². The average Bonchev–Trinajstić information content (AvgIpc) is 2.28. The van der Waals surface area contributed by atoms with Crippen molar-refractivity contribution in [1.82, 2.24) is 0 Å². The van der Waals surface area contributed by atoms with Gasteiger partial charge in [-0.05, 0) is 6.07 Å². The van der Waals surface area contributed by atoms with Crippen molar-refractivity contribution in [2.75, 3.05) is 6.54 Å². The summed E-state index contributed by atoms with van der Waals surface area (Å²) in [6.07, 6.45) is 1.91. The van der Waals surface area contributed by atoms with Gasteiger partial charge in [-0.2, -0.15) is 0 Å². The number of thioether (sulfide) groups is 1. The van der Waals surface area contributed by atoms with E-state index in [1.165, 1.54) is 10.5 Å². The van der Waals surface area contributed by atoms with Crippen LogP contribution in [-0.4, -0.2) is 12.8 Å². The molecule has 0 aliphatic carbocycles. The second-order valence-electron chi connectivity index (χ2n) is 2.25. The average molecular weight is 161 g/mol. The quantitative estimate of drug-likeness (QED) is 0.568. The Labute approximate surface area is 70.5 Å². The first-order valence-corrected chi connectivity index (χ1v) is 4.27. The van der Waals surface area contributed by atoms with Gasteiger partial charge in [-0.1, -0.05) is 18.2 Å². The molecule has 11 heavy (non-hydrogen) atoms. The van der Waals surface area contributed by atoms with E-state index in [4.69, 9.17) is 0 Å². The van der Waals surface area contributed by atoms with E-state index in [9.17, 15) is 0 Å². The Morgan fingerprint density at radius 3 is 3.27 bits per heavy atom. The molecule has 1 aliphatic heterocycles. The standard InChI is InChI=1S/C9H7NS/c1-2-4-9-8(3-1)7-10-5-6-11-9/h1-4,7H,5H2. The van der Waals surface area contributed by atoms with Crippen LogP contribution in [0.4, 0.5) is 0 Å². The van der Waals surface area contributed by atoms with Crippen molar-refractivity contribution < 1.29 is 0 Å². The number of rotatable bonds is 0. The summed E-state index contributed by atoms with van der Waals surface area (Å²) >= 11 is 1.63. The lowest BCUT2D eigenvalue weighted by Gasteiger charge is -1.98. The van der Waals surface area contributed by atoms with Crippen LogP contribution in [0.25, 0.3) is 0 Å². The Balaban J connectivity index is 2.45. The van der Waals surface area contributed by atoms with E-state index in [1.807, 2.05) is 18.3 Å². The Morgan fingerprint density at radius 1 is 1.36 bits per heavy atom. The summed E-state index contributed by atoms with van der Waals surface area (Å²) in [5.74, 6) is 3.12. The van der Waals surface area contributed by atoms with Gasteiger partial charge in [-0.3, -0.25) is 4.99 Å². The van der Waals surface area contributed by atoms with Gasteiger partial charge in [-0.25, -0.2) is 0 Å². The normalized spacial score (nSPS) is 15.6. The van der Waals surface area contributed by atoms with Gasteiger partial charge in [-0.15, -0.1) is 11.8 Å². The molecule has 0 saturated heterocycles. The SMILES string of the molecule is [C]1CN=Cc2ccccc2S1. The van der Waals surface area contributed by atoms with Crippen molar-refractivity contribution in [2.45, 2.75) is 4.90 Å². The zero-order valence-corrected chi connectivity index (χ0v) is 6.77. The molecule has 0 bridgehead atoms. The first-order valence-electron chi connectivity index (χ1n) is 3.45. The molecule has 0 unspecified atom stereocenters. The largest absolute Gasteiger partial charge is 0.291 e. The highest BCUT2D eigenvalue weighted by atomic mass is 32.2. The van der Waals surface area contributed by atoms with Gasteiger partial charge in [0.05, 0.1) is 12.3 Å². The van der Waals surface area contributed by atoms with Crippen LogP contribution in [0.3, 0.4) is 0 Å². The molecule has 0 fully saturated rings. The van der Waals surface area contributed by atoms with E-state index in [0.717, 1.165) is 0 Å². The Kier molecular flexibility index (Phi) is 1.95. The topological polar surface area (TPSA) is 12.4 Å². The van der Waals surface area contributed by atoms with Crippen LogP contribution in [0.5, 0.6) is 0 Å². The molecule has 0 amide bonds. The Bertz CT molecular complexity index is 281. The highest BCUT2D eigenvalue weighted by Gasteiger charge is 2.02. The first kappa shape index (κ1) is 6.92. The fraction of sp³-hybridized carbons (Fsp3) is 0.111. The van der Waals surface area contributed by atoms with Crippen LogP contribution in [0.15, 0.2) is 34.2 Å². The van der Waals surface area contributed by atoms with Gasteiger partial charge in [0.2, 0.25) is 0 Å². The second kappa shape index (κ2) is 3.09. The summed E-state index contributed by atoms with van der Waals surface area (Å²) in [7, 11) is 0. The van der Waals surface area contributed by atoms with Crippen LogP contribution >= 0.6 is 11.8 Å². The molecule has 0 saturated carbocycles. The zero-order chi connectivity index (χ0) is 7.52. The molecule has 1 nitrogen and oxygen atoms in total. The van der Waals surface area contributed by atoms with Crippen LogP contribution in [0, 0.1) is 5.75 Å². The lowest BCUT2D eigenvalue weighted by atomic mass is 10.2. The molecule has 1 aromatic carbocycles. The number of aliphatic imine (C=N–C) groups is 1.